The molecule has 0 aliphatic heterocycles. The number of aryl methyl sites for hydroxylation is 2. The van der Waals surface area contributed by atoms with E-state index in [1.165, 1.54) is 5.56 Å². The molecule has 0 unspecified atom stereocenters. The molecule has 0 aromatic heterocycles. The first-order chi connectivity index (χ1) is 4.72. The maximum atomic E-state index is 5.02. The third kappa shape index (κ3) is 3.35. The Bertz CT molecular complexity index is 213. The van der Waals surface area contributed by atoms with Crippen molar-refractivity contribution in [1.29, 1.82) is 0 Å². The average Bonchev–Trinajstić information content (AvgIpc) is 1.85. The maximum absolute atomic E-state index is 5.02. The minimum atomic E-state index is 0. The van der Waals surface area contributed by atoms with Crippen LogP contribution < -0.4 is 4.74 Å². The molecule has 0 heterocycles. The van der Waals surface area contributed by atoms with Gasteiger partial charge in [0, 0.05) is 5.75 Å². The molecule has 2 heteroatoms. The van der Waals surface area contributed by atoms with Gasteiger partial charge in [0.15, 0.2) is 0 Å². The van der Waals surface area contributed by atoms with Gasteiger partial charge in [-0.2, -0.15) is 17.2 Å². The molecule has 0 saturated carbocycles. The Morgan fingerprint density at radius 3 is 2.36 bits per heavy atom. The maximum Gasteiger partial charge on any atom is 3.00 e. The Hall–Kier alpha value is 0.124. The Morgan fingerprint density at radius 2 is 1.91 bits per heavy atom. The van der Waals surface area contributed by atoms with Crippen molar-refractivity contribution in [2.24, 2.45) is 0 Å². The zero-order chi connectivity index (χ0) is 7.56. The van der Waals surface area contributed by atoms with E-state index in [2.05, 4.69) is 12.1 Å². The predicted octanol–water partition coefficient (Wildman–Crippen LogP) is 2.11. The topological polar surface area (TPSA) is 9.23 Å². The molecule has 11 heavy (non-hydrogen) atoms. The molecule has 0 amide bonds. The third-order valence-corrected chi connectivity index (χ3v) is 1.34. The molecular formula is C9H11OY+2. The SMILES string of the molecule is COc1[c-]c(C)cc(C)c1.[Y+3]. The van der Waals surface area contributed by atoms with E-state index in [0.717, 1.165) is 11.3 Å². The summed E-state index contributed by atoms with van der Waals surface area (Å²) >= 11 is 0. The van der Waals surface area contributed by atoms with Gasteiger partial charge in [-0.05, 0) is 0 Å². The molecule has 0 aliphatic rings. The van der Waals surface area contributed by atoms with E-state index in [4.69, 9.17) is 4.74 Å². The first-order valence-electron chi connectivity index (χ1n) is 3.27. The fraction of sp³-hybridized carbons (Fsp3) is 0.333. The molecule has 0 aliphatic carbocycles. The Balaban J connectivity index is 0.000001000. The summed E-state index contributed by atoms with van der Waals surface area (Å²) in [6, 6.07) is 7.11. The number of ether oxygens (including phenoxy) is 1. The van der Waals surface area contributed by atoms with Crippen LogP contribution in [0.5, 0.6) is 5.75 Å². The van der Waals surface area contributed by atoms with E-state index in [-0.39, 0.29) is 32.7 Å². The van der Waals surface area contributed by atoms with E-state index < -0.39 is 0 Å². The van der Waals surface area contributed by atoms with Gasteiger partial charge in [-0.1, -0.05) is 13.8 Å². The van der Waals surface area contributed by atoms with Gasteiger partial charge in [0.25, 0.3) is 0 Å². The monoisotopic (exact) mass is 224 g/mol. The van der Waals surface area contributed by atoms with Crippen LogP contribution in [0.2, 0.25) is 0 Å². The van der Waals surface area contributed by atoms with Crippen LogP contribution >= 0.6 is 0 Å². The third-order valence-electron chi connectivity index (χ3n) is 1.34. The quantitative estimate of drug-likeness (QED) is 0.664. The largest absolute Gasteiger partial charge is 3.00 e. The van der Waals surface area contributed by atoms with Crippen molar-refractivity contribution in [3.8, 4) is 5.75 Å². The molecule has 0 N–H and O–H groups in total. The number of hydrogen-bond acceptors (Lipinski definition) is 1. The van der Waals surface area contributed by atoms with Gasteiger partial charge in [0.1, 0.15) is 0 Å². The molecule has 0 bridgehead atoms. The standard InChI is InChI=1S/C9H11O.Y/c1-7-4-8(2)6-9(5-7)10-3;/h4-5H,1-3H3;/q-1;+3. The molecule has 0 radical (unpaired) electrons. The smallest absolute Gasteiger partial charge is 0.523 e. The average molecular weight is 224 g/mol. The number of rotatable bonds is 1. The van der Waals surface area contributed by atoms with Crippen molar-refractivity contribution in [2.75, 3.05) is 7.11 Å². The number of methoxy groups -OCH3 is 1. The van der Waals surface area contributed by atoms with Crippen LogP contribution in [0.4, 0.5) is 0 Å². The zero-order valence-corrected chi connectivity index (χ0v) is 9.98. The molecule has 1 nitrogen and oxygen atoms in total. The molecule has 0 spiro atoms. The van der Waals surface area contributed by atoms with Crippen LogP contribution in [0.1, 0.15) is 11.1 Å². The van der Waals surface area contributed by atoms with Gasteiger partial charge in [0.05, 0.1) is 7.11 Å². The summed E-state index contributed by atoms with van der Waals surface area (Å²) in [6.07, 6.45) is 0. The summed E-state index contributed by atoms with van der Waals surface area (Å²) in [7, 11) is 1.66. The van der Waals surface area contributed by atoms with Crippen molar-refractivity contribution in [3.63, 3.8) is 0 Å². The minimum Gasteiger partial charge on any atom is -0.523 e. The molecule has 54 valence electrons. The molecule has 0 saturated heterocycles. The number of hydrogen-bond donors (Lipinski definition) is 0. The fourth-order valence-corrected chi connectivity index (χ4v) is 0.966. The van der Waals surface area contributed by atoms with Crippen LogP contribution in [0.15, 0.2) is 12.1 Å². The van der Waals surface area contributed by atoms with Crippen molar-refractivity contribution in [3.05, 3.63) is 29.3 Å². The predicted molar refractivity (Wildman–Crippen MR) is 41.3 cm³/mol. The van der Waals surface area contributed by atoms with E-state index in [9.17, 15) is 0 Å². The van der Waals surface area contributed by atoms with Gasteiger partial charge >= 0.3 is 32.7 Å². The van der Waals surface area contributed by atoms with Gasteiger partial charge in [-0.15, -0.1) is 12.1 Å². The van der Waals surface area contributed by atoms with Crippen molar-refractivity contribution < 1.29 is 37.4 Å². The first-order valence-corrected chi connectivity index (χ1v) is 3.27. The summed E-state index contributed by atoms with van der Waals surface area (Å²) in [5.41, 5.74) is 2.34. The summed E-state index contributed by atoms with van der Waals surface area (Å²) in [6.45, 7) is 4.05. The van der Waals surface area contributed by atoms with Gasteiger partial charge in [-0.25, -0.2) is 0 Å². The van der Waals surface area contributed by atoms with E-state index in [1.807, 2.05) is 19.9 Å². The van der Waals surface area contributed by atoms with Gasteiger partial charge in [-0.3, -0.25) is 0 Å². The molecule has 0 atom stereocenters. The molecule has 1 aromatic rings. The van der Waals surface area contributed by atoms with E-state index in [1.54, 1.807) is 7.11 Å². The normalized spacial score (nSPS) is 8.64. The van der Waals surface area contributed by atoms with Crippen molar-refractivity contribution in [2.45, 2.75) is 13.8 Å². The van der Waals surface area contributed by atoms with Crippen LogP contribution in [0, 0.1) is 19.9 Å². The van der Waals surface area contributed by atoms with Crippen LogP contribution in [-0.2, 0) is 32.7 Å². The van der Waals surface area contributed by atoms with Crippen LogP contribution in [0.25, 0.3) is 0 Å². The second-order valence-electron chi connectivity index (χ2n) is 2.41. The van der Waals surface area contributed by atoms with E-state index in [0.29, 0.717) is 0 Å². The van der Waals surface area contributed by atoms with Gasteiger partial charge in [0.2, 0.25) is 0 Å². The minimum absolute atomic E-state index is 0. The van der Waals surface area contributed by atoms with Gasteiger partial charge < -0.3 is 4.74 Å². The van der Waals surface area contributed by atoms with Crippen LogP contribution in [-0.4, -0.2) is 7.11 Å². The first kappa shape index (κ1) is 11.1. The number of benzene rings is 1. The zero-order valence-electron chi connectivity index (χ0n) is 7.14. The Labute approximate surface area is 93.0 Å². The molecule has 0 fully saturated rings. The molecule has 1 aromatic carbocycles. The summed E-state index contributed by atoms with van der Waals surface area (Å²) in [5, 5.41) is 0. The summed E-state index contributed by atoms with van der Waals surface area (Å²) in [4.78, 5) is 0. The molecule has 1 rings (SSSR count). The second kappa shape index (κ2) is 4.89. The summed E-state index contributed by atoms with van der Waals surface area (Å²) < 4.78 is 5.02. The second-order valence-corrected chi connectivity index (χ2v) is 2.41. The van der Waals surface area contributed by atoms with Crippen molar-refractivity contribution in [1.82, 2.24) is 0 Å². The van der Waals surface area contributed by atoms with Crippen LogP contribution in [0.3, 0.4) is 0 Å². The molecular weight excluding hydrogens is 213 g/mol. The Morgan fingerprint density at radius 1 is 1.27 bits per heavy atom. The Kier molecular flexibility index (Phi) is 4.95. The summed E-state index contributed by atoms with van der Waals surface area (Å²) in [5.74, 6) is 0.817. The van der Waals surface area contributed by atoms with E-state index >= 15 is 0 Å². The fourth-order valence-electron chi connectivity index (χ4n) is 0.966. The van der Waals surface area contributed by atoms with Crippen molar-refractivity contribution >= 4 is 0 Å².